The van der Waals surface area contributed by atoms with Gasteiger partial charge in [-0.2, -0.15) is 0 Å². The summed E-state index contributed by atoms with van der Waals surface area (Å²) < 4.78 is 5.63. The molecular weight excluding hydrogens is 368 g/mol. The second-order valence-electron chi connectivity index (χ2n) is 9.78. The second kappa shape index (κ2) is 9.98. The minimum absolute atomic E-state index is 0.0180. The lowest BCUT2D eigenvalue weighted by molar-refractivity contribution is -0.140. The van der Waals surface area contributed by atoms with E-state index < -0.39 is 0 Å². The summed E-state index contributed by atoms with van der Waals surface area (Å²) in [6.07, 6.45) is 19.9. The third-order valence-electron chi connectivity index (χ3n) is 7.71. The summed E-state index contributed by atoms with van der Waals surface area (Å²) in [5.41, 5.74) is 5.37. The molecule has 4 rings (SSSR count). The summed E-state index contributed by atoms with van der Waals surface area (Å²) >= 11 is 0. The molecule has 1 heterocycles. The van der Waals surface area contributed by atoms with Crippen LogP contribution in [-0.2, 0) is 11.2 Å². The monoisotopic (exact) mass is 406 g/mol. The maximum atomic E-state index is 12.1. The Balaban J connectivity index is 1.32. The Kier molecular flexibility index (Phi) is 7.12. The van der Waals surface area contributed by atoms with E-state index in [9.17, 15) is 4.79 Å². The van der Waals surface area contributed by atoms with E-state index in [0.29, 0.717) is 0 Å². The third-order valence-corrected chi connectivity index (χ3v) is 7.71. The number of allylic oxidation sites excluding steroid dienone is 4. The van der Waals surface area contributed by atoms with Crippen LogP contribution >= 0.6 is 0 Å². The molecule has 1 atom stereocenters. The van der Waals surface area contributed by atoms with Gasteiger partial charge in [-0.3, -0.25) is 4.79 Å². The summed E-state index contributed by atoms with van der Waals surface area (Å²) in [4.78, 5) is 12.1. The highest BCUT2D eigenvalue weighted by Crippen LogP contribution is 2.37. The summed E-state index contributed by atoms with van der Waals surface area (Å²) in [5.74, 6) is 2.69. The van der Waals surface area contributed by atoms with Gasteiger partial charge in [0, 0.05) is 0 Å². The minimum Gasteiger partial charge on any atom is -0.426 e. The molecule has 1 saturated carbocycles. The van der Waals surface area contributed by atoms with E-state index in [0.717, 1.165) is 36.8 Å². The van der Waals surface area contributed by atoms with Crippen molar-refractivity contribution in [1.29, 1.82) is 0 Å². The SMILES string of the molecule is CCCC1CCC(CCC2=CC=C(c3ccc4c(c3)OC(=O)C(CC)C4)CC2)CC1. The first-order valence-corrected chi connectivity index (χ1v) is 12.4. The molecule has 2 nitrogen and oxygen atoms in total. The Hall–Kier alpha value is -1.83. The van der Waals surface area contributed by atoms with Gasteiger partial charge in [0.15, 0.2) is 0 Å². The highest BCUT2D eigenvalue weighted by Gasteiger charge is 2.27. The normalized spacial score (nSPS) is 26.5. The van der Waals surface area contributed by atoms with Gasteiger partial charge in [-0.05, 0) is 73.1 Å². The molecule has 2 aliphatic carbocycles. The van der Waals surface area contributed by atoms with Gasteiger partial charge in [0.25, 0.3) is 0 Å². The number of esters is 1. The molecule has 0 spiro atoms. The number of rotatable bonds is 7. The van der Waals surface area contributed by atoms with Gasteiger partial charge in [-0.25, -0.2) is 0 Å². The molecular formula is C28H38O2. The molecule has 0 bridgehead atoms. The van der Waals surface area contributed by atoms with E-state index in [1.54, 1.807) is 5.57 Å². The predicted molar refractivity (Wildman–Crippen MR) is 124 cm³/mol. The quantitative estimate of drug-likeness (QED) is 0.343. The highest BCUT2D eigenvalue weighted by atomic mass is 16.5. The number of ether oxygens (including phenoxy) is 1. The number of hydrogen-bond acceptors (Lipinski definition) is 2. The van der Waals surface area contributed by atoms with Crippen LogP contribution in [0.3, 0.4) is 0 Å². The van der Waals surface area contributed by atoms with Crippen LogP contribution < -0.4 is 4.74 Å². The van der Waals surface area contributed by atoms with Crippen LogP contribution in [-0.4, -0.2) is 5.97 Å². The van der Waals surface area contributed by atoms with E-state index in [2.05, 4.69) is 44.2 Å². The van der Waals surface area contributed by atoms with Crippen LogP contribution in [0.15, 0.2) is 35.9 Å². The first kappa shape index (κ1) is 21.4. The van der Waals surface area contributed by atoms with Crippen LogP contribution in [0.4, 0.5) is 0 Å². The number of benzene rings is 1. The van der Waals surface area contributed by atoms with E-state index in [1.165, 1.54) is 74.5 Å². The molecule has 2 heteroatoms. The van der Waals surface area contributed by atoms with Gasteiger partial charge in [0.1, 0.15) is 5.75 Å². The van der Waals surface area contributed by atoms with Gasteiger partial charge in [-0.1, -0.05) is 82.2 Å². The molecule has 1 aromatic rings. The second-order valence-corrected chi connectivity index (χ2v) is 9.78. The fourth-order valence-electron chi connectivity index (χ4n) is 5.61. The van der Waals surface area contributed by atoms with Crippen LogP contribution in [0.25, 0.3) is 5.57 Å². The van der Waals surface area contributed by atoms with Crippen molar-refractivity contribution in [1.82, 2.24) is 0 Å². The molecule has 0 radical (unpaired) electrons. The lowest BCUT2D eigenvalue weighted by Crippen LogP contribution is -2.27. The summed E-state index contributed by atoms with van der Waals surface area (Å²) in [5, 5.41) is 0. The van der Waals surface area contributed by atoms with E-state index in [-0.39, 0.29) is 11.9 Å². The number of fused-ring (bicyclic) bond motifs is 1. The number of carbonyl (C=O) groups excluding carboxylic acids is 1. The maximum absolute atomic E-state index is 12.1. The Labute approximate surface area is 182 Å². The molecule has 1 unspecified atom stereocenters. The molecule has 3 aliphatic rings. The Morgan fingerprint density at radius 1 is 0.967 bits per heavy atom. The zero-order valence-electron chi connectivity index (χ0n) is 18.9. The summed E-state index contributed by atoms with van der Waals surface area (Å²) in [6, 6.07) is 6.46. The van der Waals surface area contributed by atoms with Crippen LogP contribution in [0.5, 0.6) is 5.75 Å². The van der Waals surface area contributed by atoms with Gasteiger partial charge in [0.2, 0.25) is 0 Å². The van der Waals surface area contributed by atoms with Gasteiger partial charge in [0.05, 0.1) is 5.92 Å². The molecule has 0 N–H and O–H groups in total. The molecule has 1 fully saturated rings. The molecule has 1 aliphatic heterocycles. The van der Waals surface area contributed by atoms with Crippen molar-refractivity contribution in [3.8, 4) is 5.75 Å². The Morgan fingerprint density at radius 2 is 1.73 bits per heavy atom. The average molecular weight is 407 g/mol. The first-order valence-electron chi connectivity index (χ1n) is 12.4. The van der Waals surface area contributed by atoms with Gasteiger partial charge in [-0.15, -0.1) is 0 Å². The smallest absolute Gasteiger partial charge is 0.314 e. The standard InChI is InChI=1S/C28H38O2/c1-3-5-20-6-8-21(9-7-20)10-11-22-12-14-24(15-13-22)25-16-17-26-18-23(4-2)28(29)30-27(26)19-25/h12,14,16-17,19-21,23H,3-11,13,15,18H2,1-2H3. The average Bonchev–Trinajstić information content (AvgIpc) is 2.78. The Morgan fingerprint density at radius 3 is 2.40 bits per heavy atom. The van der Waals surface area contributed by atoms with Crippen molar-refractivity contribution in [2.24, 2.45) is 17.8 Å². The largest absolute Gasteiger partial charge is 0.426 e. The third kappa shape index (κ3) is 5.07. The lowest BCUT2D eigenvalue weighted by atomic mass is 9.77. The first-order chi connectivity index (χ1) is 14.7. The lowest BCUT2D eigenvalue weighted by Gasteiger charge is -2.28. The van der Waals surface area contributed by atoms with Crippen LogP contribution in [0.2, 0.25) is 0 Å². The van der Waals surface area contributed by atoms with E-state index >= 15 is 0 Å². The van der Waals surface area contributed by atoms with E-state index in [4.69, 9.17) is 4.74 Å². The van der Waals surface area contributed by atoms with Crippen molar-refractivity contribution in [3.05, 3.63) is 47.1 Å². The fourth-order valence-corrected chi connectivity index (χ4v) is 5.61. The number of carbonyl (C=O) groups is 1. The molecule has 0 amide bonds. The van der Waals surface area contributed by atoms with Crippen molar-refractivity contribution in [2.75, 3.05) is 0 Å². The molecule has 1 aromatic carbocycles. The van der Waals surface area contributed by atoms with Crippen LogP contribution in [0, 0.1) is 17.8 Å². The topological polar surface area (TPSA) is 26.3 Å². The van der Waals surface area contributed by atoms with Crippen molar-refractivity contribution in [3.63, 3.8) is 0 Å². The highest BCUT2D eigenvalue weighted by molar-refractivity contribution is 5.79. The molecule has 0 saturated heterocycles. The van der Waals surface area contributed by atoms with Gasteiger partial charge < -0.3 is 4.74 Å². The van der Waals surface area contributed by atoms with Crippen LogP contribution in [0.1, 0.15) is 95.6 Å². The zero-order valence-corrected chi connectivity index (χ0v) is 18.9. The van der Waals surface area contributed by atoms with Crippen molar-refractivity contribution in [2.45, 2.75) is 90.9 Å². The summed E-state index contributed by atoms with van der Waals surface area (Å²) in [6.45, 7) is 4.38. The number of hydrogen-bond donors (Lipinski definition) is 0. The Bertz CT molecular complexity index is 808. The zero-order chi connectivity index (χ0) is 20.9. The van der Waals surface area contributed by atoms with Crippen molar-refractivity contribution >= 4 is 11.5 Å². The van der Waals surface area contributed by atoms with Crippen molar-refractivity contribution < 1.29 is 9.53 Å². The maximum Gasteiger partial charge on any atom is 0.314 e. The molecule has 30 heavy (non-hydrogen) atoms. The minimum atomic E-state index is -0.0642. The van der Waals surface area contributed by atoms with Gasteiger partial charge >= 0.3 is 5.97 Å². The fraction of sp³-hybridized carbons (Fsp3) is 0.607. The molecule has 0 aromatic heterocycles. The summed E-state index contributed by atoms with van der Waals surface area (Å²) in [7, 11) is 0. The molecule has 162 valence electrons. The van der Waals surface area contributed by atoms with E-state index in [1.807, 2.05) is 0 Å². The predicted octanol–water partition coefficient (Wildman–Crippen LogP) is 7.66.